The Hall–Kier alpha value is -2.07. The maximum atomic E-state index is 11.8. The largest absolute Gasteiger partial charge is 0.492 e. The minimum atomic E-state index is 0.0850. The average Bonchev–Trinajstić information content (AvgIpc) is 2.62. The molecule has 0 atom stereocenters. The number of ether oxygens (including phenoxy) is 1. The van der Waals surface area contributed by atoms with Crippen LogP contribution in [0.15, 0.2) is 41.3 Å². The molecule has 4 nitrogen and oxygen atoms in total. The highest BCUT2D eigenvalue weighted by atomic mass is 16.5. The average molecular weight is 340 g/mol. The minimum Gasteiger partial charge on any atom is -0.492 e. The van der Waals surface area contributed by atoms with Crippen molar-refractivity contribution in [3.8, 4) is 5.75 Å². The molecule has 1 aliphatic heterocycles. The molecule has 0 saturated carbocycles. The van der Waals surface area contributed by atoms with Gasteiger partial charge >= 0.3 is 0 Å². The van der Waals surface area contributed by atoms with Crippen molar-refractivity contribution in [2.45, 2.75) is 32.6 Å². The molecular weight excluding hydrogens is 312 g/mol. The number of likely N-dealkylation sites (tertiary alicyclic amines) is 1. The quantitative estimate of drug-likeness (QED) is 0.838. The van der Waals surface area contributed by atoms with Crippen molar-refractivity contribution in [1.29, 1.82) is 0 Å². The maximum absolute atomic E-state index is 11.8. The number of pyridine rings is 1. The second kappa shape index (κ2) is 7.87. The van der Waals surface area contributed by atoms with Gasteiger partial charge in [0, 0.05) is 25.9 Å². The molecule has 3 rings (SSSR count). The van der Waals surface area contributed by atoms with Crippen LogP contribution in [0, 0.1) is 13.8 Å². The summed E-state index contributed by atoms with van der Waals surface area (Å²) >= 11 is 0. The summed E-state index contributed by atoms with van der Waals surface area (Å²) in [6, 6.07) is 10.1. The fraction of sp³-hybridized carbons (Fsp3) is 0.476. The van der Waals surface area contributed by atoms with Gasteiger partial charge in [-0.1, -0.05) is 12.1 Å². The zero-order valence-corrected chi connectivity index (χ0v) is 15.5. The van der Waals surface area contributed by atoms with Crippen molar-refractivity contribution in [3.05, 3.63) is 63.6 Å². The summed E-state index contributed by atoms with van der Waals surface area (Å²) in [5.41, 5.74) is 3.77. The highest BCUT2D eigenvalue weighted by Gasteiger charge is 2.20. The fourth-order valence-corrected chi connectivity index (χ4v) is 3.47. The van der Waals surface area contributed by atoms with Crippen LogP contribution in [-0.2, 0) is 7.05 Å². The third-order valence-electron chi connectivity index (χ3n) is 5.41. The van der Waals surface area contributed by atoms with Gasteiger partial charge in [-0.3, -0.25) is 9.69 Å². The Kier molecular flexibility index (Phi) is 5.59. The van der Waals surface area contributed by atoms with Crippen molar-refractivity contribution in [1.82, 2.24) is 9.47 Å². The van der Waals surface area contributed by atoms with Gasteiger partial charge in [-0.05, 0) is 74.5 Å². The lowest BCUT2D eigenvalue weighted by atomic mass is 9.90. The van der Waals surface area contributed by atoms with Crippen molar-refractivity contribution < 1.29 is 4.74 Å². The molecule has 1 saturated heterocycles. The van der Waals surface area contributed by atoms with Gasteiger partial charge in [-0.25, -0.2) is 0 Å². The molecule has 0 amide bonds. The van der Waals surface area contributed by atoms with Gasteiger partial charge in [-0.15, -0.1) is 0 Å². The van der Waals surface area contributed by atoms with E-state index in [4.69, 9.17) is 4.74 Å². The van der Waals surface area contributed by atoms with Crippen molar-refractivity contribution in [2.24, 2.45) is 7.05 Å². The predicted molar refractivity (Wildman–Crippen MR) is 102 cm³/mol. The highest BCUT2D eigenvalue weighted by molar-refractivity contribution is 5.38. The summed E-state index contributed by atoms with van der Waals surface area (Å²) in [5.74, 6) is 1.50. The molecule has 134 valence electrons. The lowest BCUT2D eigenvalue weighted by Gasteiger charge is -2.32. The van der Waals surface area contributed by atoms with E-state index >= 15 is 0 Å². The normalized spacial score (nSPS) is 16.1. The fourth-order valence-electron chi connectivity index (χ4n) is 3.47. The first-order valence-corrected chi connectivity index (χ1v) is 9.12. The standard InChI is InChI=1S/C21H28N2O2/c1-16-5-4-6-20(17(16)2)25-14-13-23-11-8-18(9-12-23)19-7-10-22(3)21(24)15-19/h4-7,10,15,18H,8-9,11-14H2,1-3H3. The Morgan fingerprint density at radius 1 is 1.16 bits per heavy atom. The van der Waals surface area contributed by atoms with Crippen molar-refractivity contribution >= 4 is 0 Å². The van der Waals surface area contributed by atoms with E-state index in [9.17, 15) is 4.79 Å². The lowest BCUT2D eigenvalue weighted by Crippen LogP contribution is -2.36. The van der Waals surface area contributed by atoms with Crippen molar-refractivity contribution in [3.63, 3.8) is 0 Å². The summed E-state index contributed by atoms with van der Waals surface area (Å²) in [5, 5.41) is 0. The maximum Gasteiger partial charge on any atom is 0.250 e. The number of hydrogen-bond donors (Lipinski definition) is 0. The molecule has 0 spiro atoms. The SMILES string of the molecule is Cc1cccc(OCCN2CCC(c3ccn(C)c(=O)c3)CC2)c1C. The van der Waals surface area contributed by atoms with Crippen LogP contribution in [0.5, 0.6) is 5.75 Å². The van der Waals surface area contributed by atoms with E-state index in [0.29, 0.717) is 5.92 Å². The molecule has 1 aliphatic rings. The third kappa shape index (κ3) is 4.31. The number of aromatic nitrogens is 1. The van der Waals surface area contributed by atoms with E-state index in [1.807, 2.05) is 18.3 Å². The third-order valence-corrected chi connectivity index (χ3v) is 5.41. The Morgan fingerprint density at radius 3 is 2.64 bits per heavy atom. The summed E-state index contributed by atoms with van der Waals surface area (Å²) in [4.78, 5) is 14.3. The number of benzene rings is 1. The number of rotatable bonds is 5. The summed E-state index contributed by atoms with van der Waals surface area (Å²) < 4.78 is 7.60. The van der Waals surface area contributed by atoms with Crippen LogP contribution < -0.4 is 10.3 Å². The molecule has 0 unspecified atom stereocenters. The molecule has 25 heavy (non-hydrogen) atoms. The van der Waals surface area contributed by atoms with Crippen LogP contribution in [0.25, 0.3) is 0 Å². The Bertz CT molecular complexity index is 774. The van der Waals surface area contributed by atoms with Gasteiger partial charge < -0.3 is 9.30 Å². The molecule has 1 aromatic heterocycles. The molecule has 4 heteroatoms. The smallest absolute Gasteiger partial charge is 0.250 e. The van der Waals surface area contributed by atoms with Gasteiger partial charge in [0.15, 0.2) is 0 Å². The molecule has 0 bridgehead atoms. The molecule has 2 aromatic rings. The second-order valence-electron chi connectivity index (χ2n) is 7.07. The molecule has 1 aromatic carbocycles. The van der Waals surface area contributed by atoms with E-state index in [1.165, 1.54) is 16.7 Å². The van der Waals surface area contributed by atoms with Crippen LogP contribution in [0.4, 0.5) is 0 Å². The van der Waals surface area contributed by atoms with E-state index in [0.717, 1.165) is 44.8 Å². The Labute approximate surface area is 150 Å². The first kappa shape index (κ1) is 17.7. The Morgan fingerprint density at radius 2 is 1.92 bits per heavy atom. The van der Waals surface area contributed by atoms with E-state index in [-0.39, 0.29) is 5.56 Å². The first-order chi connectivity index (χ1) is 12.0. The molecule has 0 radical (unpaired) electrons. The predicted octanol–water partition coefficient (Wildman–Crippen LogP) is 3.26. The number of aryl methyl sites for hydroxylation is 2. The van der Waals surface area contributed by atoms with E-state index in [2.05, 4.69) is 30.9 Å². The van der Waals surface area contributed by atoms with Gasteiger partial charge in [0.2, 0.25) is 0 Å². The zero-order valence-electron chi connectivity index (χ0n) is 15.5. The Balaban J connectivity index is 1.47. The van der Waals surface area contributed by atoms with Gasteiger partial charge in [0.25, 0.3) is 5.56 Å². The molecule has 2 heterocycles. The summed E-state index contributed by atoms with van der Waals surface area (Å²) in [7, 11) is 1.80. The molecule has 0 N–H and O–H groups in total. The number of hydrogen-bond acceptors (Lipinski definition) is 3. The van der Waals surface area contributed by atoms with Crippen LogP contribution in [-0.4, -0.2) is 35.7 Å². The summed E-state index contributed by atoms with van der Waals surface area (Å²) in [6.45, 7) is 8.04. The van der Waals surface area contributed by atoms with E-state index < -0.39 is 0 Å². The monoisotopic (exact) mass is 340 g/mol. The minimum absolute atomic E-state index is 0.0850. The molecule has 0 aliphatic carbocycles. The topological polar surface area (TPSA) is 34.5 Å². The lowest BCUT2D eigenvalue weighted by molar-refractivity contribution is 0.173. The number of piperidine rings is 1. The van der Waals surface area contributed by atoms with E-state index in [1.54, 1.807) is 17.7 Å². The second-order valence-corrected chi connectivity index (χ2v) is 7.07. The van der Waals surface area contributed by atoms with Crippen LogP contribution in [0.3, 0.4) is 0 Å². The highest BCUT2D eigenvalue weighted by Crippen LogP contribution is 2.27. The van der Waals surface area contributed by atoms with Crippen LogP contribution in [0.2, 0.25) is 0 Å². The zero-order chi connectivity index (χ0) is 17.8. The van der Waals surface area contributed by atoms with Gasteiger partial charge in [0.05, 0.1) is 0 Å². The van der Waals surface area contributed by atoms with Gasteiger partial charge in [-0.2, -0.15) is 0 Å². The first-order valence-electron chi connectivity index (χ1n) is 9.12. The van der Waals surface area contributed by atoms with Crippen LogP contribution in [0.1, 0.15) is 35.4 Å². The van der Waals surface area contributed by atoms with Crippen LogP contribution >= 0.6 is 0 Å². The molecule has 1 fully saturated rings. The van der Waals surface area contributed by atoms with Gasteiger partial charge in [0.1, 0.15) is 12.4 Å². The summed E-state index contributed by atoms with van der Waals surface area (Å²) in [6.07, 6.45) is 4.09. The number of nitrogens with zero attached hydrogens (tertiary/aromatic N) is 2. The van der Waals surface area contributed by atoms with Crippen molar-refractivity contribution in [2.75, 3.05) is 26.2 Å². The molecular formula is C21H28N2O2.